The van der Waals surface area contributed by atoms with Crippen molar-refractivity contribution >= 4 is 11.6 Å². The molecule has 1 N–H and O–H groups in total. The molecule has 102 valence electrons. The van der Waals surface area contributed by atoms with E-state index in [1.807, 2.05) is 14.0 Å². The summed E-state index contributed by atoms with van der Waals surface area (Å²) in [5, 5.41) is 7.57. The van der Waals surface area contributed by atoms with Gasteiger partial charge in [-0.25, -0.2) is 9.37 Å². The Balaban J connectivity index is 2.09. The molecule has 1 atom stereocenters. The van der Waals surface area contributed by atoms with E-state index in [1.54, 1.807) is 29.2 Å². The molecule has 0 saturated carbocycles. The first-order chi connectivity index (χ1) is 9.11. The van der Waals surface area contributed by atoms with Crippen LogP contribution in [0.3, 0.4) is 0 Å². The van der Waals surface area contributed by atoms with Gasteiger partial charge in [0.1, 0.15) is 12.1 Å². The molecule has 1 aromatic carbocycles. The van der Waals surface area contributed by atoms with E-state index in [9.17, 15) is 4.39 Å². The molecule has 4 nitrogen and oxygen atoms in total. The van der Waals surface area contributed by atoms with Crippen molar-refractivity contribution in [2.75, 3.05) is 0 Å². The molecular weight excluding hydrogens is 267 g/mol. The Labute approximate surface area is 116 Å². The van der Waals surface area contributed by atoms with Crippen LogP contribution in [0.25, 0.3) is 0 Å². The van der Waals surface area contributed by atoms with Gasteiger partial charge in [-0.1, -0.05) is 30.7 Å². The first kappa shape index (κ1) is 14.0. The third-order valence-electron chi connectivity index (χ3n) is 2.92. The molecule has 19 heavy (non-hydrogen) atoms. The molecule has 0 aliphatic carbocycles. The number of benzene rings is 1. The highest BCUT2D eigenvalue weighted by molar-refractivity contribution is 6.30. The number of nitrogens with zero attached hydrogens (tertiary/aromatic N) is 3. The van der Waals surface area contributed by atoms with Crippen LogP contribution in [-0.2, 0) is 13.6 Å². The largest absolute Gasteiger partial charge is 0.303 e. The molecule has 1 unspecified atom stereocenters. The third-order valence-corrected chi connectivity index (χ3v) is 3.21. The van der Waals surface area contributed by atoms with Crippen LogP contribution in [0.15, 0.2) is 24.5 Å². The average molecular weight is 283 g/mol. The van der Waals surface area contributed by atoms with E-state index in [0.717, 1.165) is 6.42 Å². The molecule has 6 heteroatoms. The lowest BCUT2D eigenvalue weighted by atomic mass is 10.0. The lowest BCUT2D eigenvalue weighted by Gasteiger charge is -2.17. The van der Waals surface area contributed by atoms with Crippen molar-refractivity contribution in [2.45, 2.75) is 25.9 Å². The van der Waals surface area contributed by atoms with Gasteiger partial charge in [-0.2, -0.15) is 5.10 Å². The minimum atomic E-state index is -0.363. The first-order valence-corrected chi connectivity index (χ1v) is 6.51. The summed E-state index contributed by atoms with van der Waals surface area (Å²) in [7, 11) is 1.81. The molecule has 2 rings (SSSR count). The van der Waals surface area contributed by atoms with Gasteiger partial charge >= 0.3 is 0 Å². The number of aromatic nitrogens is 3. The minimum absolute atomic E-state index is 0.109. The fourth-order valence-corrected chi connectivity index (χ4v) is 2.13. The Morgan fingerprint density at radius 2 is 2.26 bits per heavy atom. The molecule has 2 aromatic rings. The lowest BCUT2D eigenvalue weighted by Crippen LogP contribution is -2.22. The van der Waals surface area contributed by atoms with Crippen LogP contribution in [0.4, 0.5) is 4.39 Å². The van der Waals surface area contributed by atoms with Crippen molar-refractivity contribution in [1.82, 2.24) is 20.1 Å². The van der Waals surface area contributed by atoms with E-state index in [0.29, 0.717) is 17.9 Å². The van der Waals surface area contributed by atoms with Gasteiger partial charge in [0.25, 0.3) is 0 Å². The van der Waals surface area contributed by atoms with E-state index in [1.165, 1.54) is 0 Å². The minimum Gasteiger partial charge on any atom is -0.303 e. The quantitative estimate of drug-likeness (QED) is 0.917. The normalized spacial score (nSPS) is 12.6. The predicted molar refractivity (Wildman–Crippen MR) is 72.3 cm³/mol. The highest BCUT2D eigenvalue weighted by Crippen LogP contribution is 2.25. The summed E-state index contributed by atoms with van der Waals surface area (Å²) >= 11 is 5.80. The van der Waals surface area contributed by atoms with E-state index in [2.05, 4.69) is 15.4 Å². The van der Waals surface area contributed by atoms with Gasteiger partial charge in [0, 0.05) is 18.7 Å². The third kappa shape index (κ3) is 3.30. The van der Waals surface area contributed by atoms with Crippen molar-refractivity contribution in [1.29, 1.82) is 0 Å². The van der Waals surface area contributed by atoms with Crippen molar-refractivity contribution in [3.8, 4) is 0 Å². The number of rotatable bonds is 5. The maximum Gasteiger partial charge on any atom is 0.164 e. The maximum atomic E-state index is 14.0. The summed E-state index contributed by atoms with van der Waals surface area (Å²) in [6.07, 6.45) is 2.39. The molecule has 0 aliphatic heterocycles. The summed E-state index contributed by atoms with van der Waals surface area (Å²) in [6, 6.07) is 4.94. The van der Waals surface area contributed by atoms with Gasteiger partial charge in [-0.15, -0.1) is 0 Å². The zero-order chi connectivity index (χ0) is 13.8. The number of hydrogen-bond donors (Lipinski definition) is 1. The smallest absolute Gasteiger partial charge is 0.164 e. The fourth-order valence-electron chi connectivity index (χ4n) is 1.94. The van der Waals surface area contributed by atoms with Gasteiger partial charge in [-0.05, 0) is 12.5 Å². The van der Waals surface area contributed by atoms with Crippen LogP contribution >= 0.6 is 11.6 Å². The Hall–Kier alpha value is -1.46. The highest BCUT2D eigenvalue weighted by atomic mass is 35.5. The summed E-state index contributed by atoms with van der Waals surface area (Å²) in [5.74, 6) is 0.320. The Morgan fingerprint density at radius 1 is 1.47 bits per heavy atom. The van der Waals surface area contributed by atoms with Crippen molar-refractivity contribution in [2.24, 2.45) is 7.05 Å². The second-order valence-corrected chi connectivity index (χ2v) is 4.73. The fraction of sp³-hybridized carbons (Fsp3) is 0.385. The summed E-state index contributed by atoms with van der Waals surface area (Å²) in [5.41, 5.74) is 0.575. The SMILES string of the molecule is CCC(NCc1ncn(C)n1)c1cccc(Cl)c1F. The Morgan fingerprint density at radius 3 is 2.89 bits per heavy atom. The monoisotopic (exact) mass is 282 g/mol. The van der Waals surface area contributed by atoms with Crippen LogP contribution in [0, 0.1) is 5.82 Å². The van der Waals surface area contributed by atoms with Gasteiger partial charge < -0.3 is 5.32 Å². The van der Waals surface area contributed by atoms with E-state index in [-0.39, 0.29) is 16.9 Å². The second-order valence-electron chi connectivity index (χ2n) is 4.32. The summed E-state index contributed by atoms with van der Waals surface area (Å²) < 4.78 is 15.6. The predicted octanol–water partition coefficient (Wildman–Crippen LogP) is 2.85. The first-order valence-electron chi connectivity index (χ1n) is 6.13. The van der Waals surface area contributed by atoms with Crippen molar-refractivity contribution < 1.29 is 4.39 Å². The number of halogens is 2. The Bertz CT molecular complexity index is 555. The molecule has 0 saturated heterocycles. The molecule has 0 radical (unpaired) electrons. The van der Waals surface area contributed by atoms with E-state index in [4.69, 9.17) is 11.6 Å². The molecule has 0 aliphatic rings. The van der Waals surface area contributed by atoms with Gasteiger partial charge in [0.05, 0.1) is 11.6 Å². The van der Waals surface area contributed by atoms with Crippen LogP contribution in [0.2, 0.25) is 5.02 Å². The summed E-state index contributed by atoms with van der Waals surface area (Å²) in [6.45, 7) is 2.48. The van der Waals surface area contributed by atoms with E-state index < -0.39 is 0 Å². The molecule has 1 heterocycles. The Kier molecular flexibility index (Phi) is 4.50. The van der Waals surface area contributed by atoms with Gasteiger partial charge in [0.15, 0.2) is 5.82 Å². The number of hydrogen-bond acceptors (Lipinski definition) is 3. The van der Waals surface area contributed by atoms with Crippen molar-refractivity contribution in [3.05, 3.63) is 46.8 Å². The molecule has 0 fully saturated rings. The molecule has 0 amide bonds. The van der Waals surface area contributed by atoms with Crippen molar-refractivity contribution in [3.63, 3.8) is 0 Å². The second kappa shape index (κ2) is 6.12. The van der Waals surface area contributed by atoms with Crippen LogP contribution < -0.4 is 5.32 Å². The topological polar surface area (TPSA) is 42.7 Å². The lowest BCUT2D eigenvalue weighted by molar-refractivity contribution is 0.480. The molecule has 0 bridgehead atoms. The molecule has 1 aromatic heterocycles. The summed E-state index contributed by atoms with van der Waals surface area (Å²) in [4.78, 5) is 4.13. The zero-order valence-electron chi connectivity index (χ0n) is 10.9. The van der Waals surface area contributed by atoms with Crippen LogP contribution in [0.1, 0.15) is 30.8 Å². The standard InChI is InChI=1S/C13H16ClFN4/c1-3-11(9-5-4-6-10(14)13(9)15)16-7-12-17-8-19(2)18-12/h4-6,8,11,16H,3,7H2,1-2H3. The van der Waals surface area contributed by atoms with Crippen LogP contribution in [-0.4, -0.2) is 14.8 Å². The average Bonchev–Trinajstić information content (AvgIpc) is 2.81. The van der Waals surface area contributed by atoms with Gasteiger partial charge in [0.2, 0.25) is 0 Å². The molecule has 0 spiro atoms. The van der Waals surface area contributed by atoms with E-state index >= 15 is 0 Å². The maximum absolute atomic E-state index is 14.0. The molecular formula is C13H16ClFN4. The highest BCUT2D eigenvalue weighted by Gasteiger charge is 2.16. The zero-order valence-corrected chi connectivity index (χ0v) is 11.7. The number of nitrogens with one attached hydrogen (secondary N) is 1. The number of aryl methyl sites for hydroxylation is 1. The van der Waals surface area contributed by atoms with Crippen LogP contribution in [0.5, 0.6) is 0 Å². The van der Waals surface area contributed by atoms with Gasteiger partial charge in [-0.3, -0.25) is 4.68 Å².